The SMILES string of the molecule is CC1CC(OCC(O)CN2C(C)(C)CC(O)CC2(C)C)CC(C)(C)C1.Cl. The molecule has 1 aliphatic heterocycles. The molecule has 1 aliphatic carbocycles. The van der Waals surface area contributed by atoms with Crippen LogP contribution in [0, 0.1) is 11.3 Å². The molecule has 5 heteroatoms. The lowest BCUT2D eigenvalue weighted by Crippen LogP contribution is -2.63. The second-order valence-corrected chi connectivity index (χ2v) is 10.8. The Hall–Kier alpha value is 0.130. The molecule has 1 heterocycles. The van der Waals surface area contributed by atoms with E-state index in [2.05, 4.69) is 53.4 Å². The smallest absolute Gasteiger partial charge is 0.0900 e. The van der Waals surface area contributed by atoms with Crippen LogP contribution in [0.15, 0.2) is 0 Å². The highest BCUT2D eigenvalue weighted by Crippen LogP contribution is 2.40. The molecule has 0 aromatic rings. The summed E-state index contributed by atoms with van der Waals surface area (Å²) in [5.41, 5.74) is 0.0905. The molecule has 156 valence electrons. The van der Waals surface area contributed by atoms with Gasteiger partial charge in [0.1, 0.15) is 0 Å². The van der Waals surface area contributed by atoms with Gasteiger partial charge in [-0.3, -0.25) is 4.90 Å². The van der Waals surface area contributed by atoms with Crippen LogP contribution in [0.25, 0.3) is 0 Å². The van der Waals surface area contributed by atoms with Crippen LogP contribution >= 0.6 is 12.4 Å². The lowest BCUT2D eigenvalue weighted by molar-refractivity contribution is -0.114. The van der Waals surface area contributed by atoms with Gasteiger partial charge in [-0.15, -0.1) is 12.4 Å². The second-order valence-electron chi connectivity index (χ2n) is 10.8. The van der Waals surface area contributed by atoms with Crippen molar-refractivity contribution in [2.24, 2.45) is 11.3 Å². The van der Waals surface area contributed by atoms with E-state index in [1.807, 2.05) is 0 Å². The lowest BCUT2D eigenvalue weighted by Gasteiger charge is -2.55. The molecule has 1 saturated heterocycles. The van der Waals surface area contributed by atoms with Crippen LogP contribution in [0.4, 0.5) is 0 Å². The fourth-order valence-electron chi connectivity index (χ4n) is 5.66. The lowest BCUT2D eigenvalue weighted by atomic mass is 9.71. The molecule has 0 bridgehead atoms. The predicted octanol–water partition coefficient (Wildman–Crippen LogP) is 4.01. The Morgan fingerprint density at radius 1 is 1.00 bits per heavy atom. The number of rotatable bonds is 5. The predicted molar refractivity (Wildman–Crippen MR) is 110 cm³/mol. The van der Waals surface area contributed by atoms with Gasteiger partial charge in [-0.05, 0) is 71.1 Å². The van der Waals surface area contributed by atoms with E-state index in [1.54, 1.807) is 0 Å². The van der Waals surface area contributed by atoms with Crippen molar-refractivity contribution < 1.29 is 14.9 Å². The van der Waals surface area contributed by atoms with Crippen LogP contribution in [0.2, 0.25) is 0 Å². The molecule has 0 radical (unpaired) electrons. The molecule has 2 aliphatic rings. The molecule has 1 saturated carbocycles. The molecule has 3 unspecified atom stereocenters. The molecular formula is C21H42ClNO3. The van der Waals surface area contributed by atoms with Crippen molar-refractivity contribution >= 4 is 12.4 Å². The van der Waals surface area contributed by atoms with Crippen molar-refractivity contribution in [1.82, 2.24) is 4.90 Å². The third-order valence-corrected chi connectivity index (χ3v) is 6.20. The monoisotopic (exact) mass is 391 g/mol. The number of aliphatic hydroxyl groups excluding tert-OH is 2. The van der Waals surface area contributed by atoms with Gasteiger partial charge in [-0.1, -0.05) is 20.8 Å². The summed E-state index contributed by atoms with van der Waals surface area (Å²) in [6.07, 6.45) is 4.44. The summed E-state index contributed by atoms with van der Waals surface area (Å²) in [5.74, 6) is 0.687. The zero-order chi connectivity index (χ0) is 19.0. The van der Waals surface area contributed by atoms with E-state index in [1.165, 1.54) is 6.42 Å². The normalized spacial score (nSPS) is 32.7. The Morgan fingerprint density at radius 2 is 1.54 bits per heavy atom. The Labute approximate surface area is 167 Å². The van der Waals surface area contributed by atoms with Gasteiger partial charge >= 0.3 is 0 Å². The minimum absolute atomic E-state index is 0. The second kappa shape index (κ2) is 8.65. The molecule has 0 spiro atoms. The van der Waals surface area contributed by atoms with Crippen molar-refractivity contribution in [3.05, 3.63) is 0 Å². The Balaban J connectivity index is 0.00000338. The van der Waals surface area contributed by atoms with Gasteiger partial charge in [-0.25, -0.2) is 0 Å². The van der Waals surface area contributed by atoms with Gasteiger partial charge in [0.2, 0.25) is 0 Å². The molecule has 0 amide bonds. The maximum atomic E-state index is 10.6. The van der Waals surface area contributed by atoms with Gasteiger partial charge < -0.3 is 14.9 Å². The maximum absolute atomic E-state index is 10.6. The summed E-state index contributed by atoms with van der Waals surface area (Å²) >= 11 is 0. The fraction of sp³-hybridized carbons (Fsp3) is 1.00. The third-order valence-electron chi connectivity index (χ3n) is 6.20. The largest absolute Gasteiger partial charge is 0.393 e. The van der Waals surface area contributed by atoms with E-state index in [0.29, 0.717) is 24.5 Å². The number of hydrogen-bond donors (Lipinski definition) is 2. The quantitative estimate of drug-likeness (QED) is 0.743. The number of aliphatic hydroxyl groups is 2. The van der Waals surface area contributed by atoms with Crippen LogP contribution < -0.4 is 0 Å². The molecule has 26 heavy (non-hydrogen) atoms. The molecule has 3 atom stereocenters. The number of hydrogen-bond acceptors (Lipinski definition) is 4. The van der Waals surface area contributed by atoms with E-state index in [4.69, 9.17) is 4.74 Å². The molecule has 2 fully saturated rings. The van der Waals surface area contributed by atoms with Gasteiger partial charge in [0, 0.05) is 17.6 Å². The summed E-state index contributed by atoms with van der Waals surface area (Å²) in [7, 11) is 0. The van der Waals surface area contributed by atoms with Crippen molar-refractivity contribution in [2.45, 2.75) is 110 Å². The van der Waals surface area contributed by atoms with Crippen molar-refractivity contribution in [3.8, 4) is 0 Å². The first-order chi connectivity index (χ1) is 11.3. The molecular weight excluding hydrogens is 350 g/mol. The van der Waals surface area contributed by atoms with E-state index < -0.39 is 6.10 Å². The molecule has 4 nitrogen and oxygen atoms in total. The van der Waals surface area contributed by atoms with Crippen LogP contribution in [-0.2, 0) is 4.74 Å². The van der Waals surface area contributed by atoms with Crippen LogP contribution in [0.5, 0.6) is 0 Å². The van der Waals surface area contributed by atoms with Crippen molar-refractivity contribution in [1.29, 1.82) is 0 Å². The summed E-state index contributed by atoms with van der Waals surface area (Å²) < 4.78 is 6.12. The number of likely N-dealkylation sites (tertiary alicyclic amines) is 1. The summed E-state index contributed by atoms with van der Waals surface area (Å²) in [4.78, 5) is 2.36. The standard InChI is InChI=1S/C21H41NO3.ClH/c1-15-8-18(12-19(2,3)9-15)25-14-17(24)13-22-20(4,5)10-16(23)11-21(22,6)7;/h15-18,23-24H,8-14H2,1-7H3;1H. The first kappa shape index (κ1) is 24.2. The Morgan fingerprint density at radius 3 is 2.04 bits per heavy atom. The van der Waals surface area contributed by atoms with Gasteiger partial charge in [0.25, 0.3) is 0 Å². The zero-order valence-electron chi connectivity index (χ0n) is 17.9. The average molecular weight is 392 g/mol. The number of halogens is 1. The van der Waals surface area contributed by atoms with E-state index in [9.17, 15) is 10.2 Å². The summed E-state index contributed by atoms with van der Waals surface area (Å²) in [5, 5.41) is 20.8. The average Bonchev–Trinajstić information content (AvgIpc) is 2.37. The number of ether oxygens (including phenoxy) is 1. The third kappa shape index (κ3) is 6.34. The molecule has 0 aromatic carbocycles. The minimum Gasteiger partial charge on any atom is -0.393 e. The first-order valence-electron chi connectivity index (χ1n) is 10.1. The van der Waals surface area contributed by atoms with Crippen LogP contribution in [0.3, 0.4) is 0 Å². The minimum atomic E-state index is -0.492. The van der Waals surface area contributed by atoms with E-state index >= 15 is 0 Å². The topological polar surface area (TPSA) is 52.9 Å². The number of β-amino-alcohol motifs (C(OH)–C–C–N with tert-alkyl or cyclic N) is 1. The number of nitrogens with zero attached hydrogens (tertiary/aromatic N) is 1. The van der Waals surface area contributed by atoms with E-state index in [-0.39, 0.29) is 35.7 Å². The highest BCUT2D eigenvalue weighted by Gasteiger charge is 2.45. The zero-order valence-corrected chi connectivity index (χ0v) is 18.7. The molecule has 2 N–H and O–H groups in total. The molecule has 0 aromatic heterocycles. The maximum Gasteiger partial charge on any atom is 0.0900 e. The highest BCUT2D eigenvalue weighted by atomic mass is 35.5. The summed E-state index contributed by atoms with van der Waals surface area (Å²) in [6.45, 7) is 16.6. The van der Waals surface area contributed by atoms with Crippen molar-refractivity contribution in [2.75, 3.05) is 13.2 Å². The first-order valence-corrected chi connectivity index (χ1v) is 10.1. The fourth-order valence-corrected chi connectivity index (χ4v) is 5.66. The number of piperidine rings is 1. The van der Waals surface area contributed by atoms with E-state index in [0.717, 1.165) is 25.7 Å². The Bertz CT molecular complexity index is 435. The van der Waals surface area contributed by atoms with Crippen LogP contribution in [0.1, 0.15) is 80.6 Å². The summed E-state index contributed by atoms with van der Waals surface area (Å²) in [6, 6.07) is 0. The van der Waals surface area contributed by atoms with Gasteiger partial charge in [0.05, 0.1) is 24.9 Å². The highest BCUT2D eigenvalue weighted by molar-refractivity contribution is 5.85. The van der Waals surface area contributed by atoms with Crippen LogP contribution in [-0.4, -0.2) is 57.7 Å². The Kier molecular flexibility index (Phi) is 8.04. The van der Waals surface area contributed by atoms with Gasteiger partial charge in [-0.2, -0.15) is 0 Å². The van der Waals surface area contributed by atoms with Crippen molar-refractivity contribution in [3.63, 3.8) is 0 Å². The van der Waals surface area contributed by atoms with Gasteiger partial charge in [0.15, 0.2) is 0 Å². The molecule has 2 rings (SSSR count).